The first kappa shape index (κ1) is 14.8. The number of hydrogen-bond donors (Lipinski definition) is 1. The van der Waals surface area contributed by atoms with Crippen LogP contribution in [0.2, 0.25) is 0 Å². The fraction of sp³-hybridized carbons (Fsp3) is 0.176. The van der Waals surface area contributed by atoms with Gasteiger partial charge in [-0.2, -0.15) is 0 Å². The Kier molecular flexibility index (Phi) is 5.52. The highest BCUT2D eigenvalue weighted by Crippen LogP contribution is 2.10. The van der Waals surface area contributed by atoms with Gasteiger partial charge < -0.3 is 10.1 Å². The first-order valence-electron chi connectivity index (χ1n) is 6.81. The lowest BCUT2D eigenvalue weighted by Gasteiger charge is -2.14. The molecule has 0 saturated carbocycles. The van der Waals surface area contributed by atoms with Crippen molar-refractivity contribution in [2.75, 3.05) is 6.54 Å². The largest absolute Gasteiger partial charge is 0.489 e. The van der Waals surface area contributed by atoms with Gasteiger partial charge in [0.1, 0.15) is 11.9 Å². The molecule has 0 spiro atoms. The average molecular weight is 282 g/mol. The maximum atomic E-state index is 11.7. The Morgan fingerprint density at radius 2 is 2.10 bits per heavy atom. The zero-order valence-electron chi connectivity index (χ0n) is 11.9. The van der Waals surface area contributed by atoms with Crippen molar-refractivity contribution in [2.24, 2.45) is 0 Å². The zero-order chi connectivity index (χ0) is 14.9. The van der Waals surface area contributed by atoms with E-state index in [1.54, 1.807) is 18.5 Å². The second-order valence-corrected chi connectivity index (χ2v) is 4.61. The number of carbonyl (C=O) groups is 1. The molecule has 0 radical (unpaired) electrons. The van der Waals surface area contributed by atoms with E-state index < -0.39 is 0 Å². The van der Waals surface area contributed by atoms with Gasteiger partial charge in [0.25, 0.3) is 0 Å². The SMILES string of the molecule is C[C@@H](CNC(=O)/C=C\c1cccnc1)Oc1ccccc1. The standard InChI is InChI=1S/C17H18N2O2/c1-14(21-16-7-3-2-4-8-16)12-19-17(20)10-9-15-6-5-11-18-13-15/h2-11,13-14H,12H2,1H3,(H,19,20)/b10-9-/t14-/m0/s1. The van der Waals surface area contributed by atoms with Crippen molar-refractivity contribution < 1.29 is 9.53 Å². The molecule has 1 aromatic carbocycles. The number of amides is 1. The number of rotatable bonds is 6. The number of pyridine rings is 1. The zero-order valence-corrected chi connectivity index (χ0v) is 11.9. The molecular formula is C17H18N2O2. The van der Waals surface area contributed by atoms with Gasteiger partial charge in [-0.3, -0.25) is 9.78 Å². The molecule has 1 N–H and O–H groups in total. The Balaban J connectivity index is 1.75. The lowest BCUT2D eigenvalue weighted by atomic mass is 10.2. The van der Waals surface area contributed by atoms with Crippen LogP contribution in [0, 0.1) is 0 Å². The molecule has 4 heteroatoms. The molecule has 0 aliphatic heterocycles. The van der Waals surface area contributed by atoms with Crippen molar-refractivity contribution in [3.63, 3.8) is 0 Å². The molecule has 2 rings (SSSR count). The quantitative estimate of drug-likeness (QED) is 0.829. The Morgan fingerprint density at radius 3 is 2.81 bits per heavy atom. The minimum atomic E-state index is -0.151. The lowest BCUT2D eigenvalue weighted by Crippen LogP contribution is -2.32. The van der Waals surface area contributed by atoms with E-state index in [9.17, 15) is 4.79 Å². The summed E-state index contributed by atoms with van der Waals surface area (Å²) in [5, 5.41) is 2.80. The molecule has 0 bridgehead atoms. The van der Waals surface area contributed by atoms with Crippen LogP contribution in [0.25, 0.3) is 6.08 Å². The Labute approximate surface area is 124 Å². The summed E-state index contributed by atoms with van der Waals surface area (Å²) in [6.07, 6.45) is 6.52. The van der Waals surface area contributed by atoms with Crippen LogP contribution in [0.5, 0.6) is 5.75 Å². The number of nitrogens with one attached hydrogen (secondary N) is 1. The van der Waals surface area contributed by atoms with Crippen LogP contribution >= 0.6 is 0 Å². The maximum absolute atomic E-state index is 11.7. The Hall–Kier alpha value is -2.62. The van der Waals surface area contributed by atoms with E-state index in [4.69, 9.17) is 4.74 Å². The van der Waals surface area contributed by atoms with Crippen molar-refractivity contribution in [3.05, 3.63) is 66.5 Å². The number of carbonyl (C=O) groups excluding carboxylic acids is 1. The number of para-hydroxylation sites is 1. The first-order valence-corrected chi connectivity index (χ1v) is 6.81. The second kappa shape index (κ2) is 7.85. The summed E-state index contributed by atoms with van der Waals surface area (Å²) in [4.78, 5) is 15.7. The summed E-state index contributed by atoms with van der Waals surface area (Å²) in [5.74, 6) is 0.646. The minimum absolute atomic E-state index is 0.0943. The third-order valence-electron chi connectivity index (χ3n) is 2.76. The molecule has 1 aromatic heterocycles. The van der Waals surface area contributed by atoms with Crippen molar-refractivity contribution >= 4 is 12.0 Å². The second-order valence-electron chi connectivity index (χ2n) is 4.61. The summed E-state index contributed by atoms with van der Waals surface area (Å²) in [6.45, 7) is 2.36. The van der Waals surface area contributed by atoms with Gasteiger partial charge >= 0.3 is 0 Å². The van der Waals surface area contributed by atoms with Crippen LogP contribution in [0.3, 0.4) is 0 Å². The van der Waals surface area contributed by atoms with Gasteiger partial charge in [-0.15, -0.1) is 0 Å². The van der Waals surface area contributed by atoms with Gasteiger partial charge in [0.05, 0.1) is 6.54 Å². The third-order valence-corrected chi connectivity index (χ3v) is 2.76. The topological polar surface area (TPSA) is 51.2 Å². The first-order chi connectivity index (χ1) is 10.2. The highest BCUT2D eigenvalue weighted by atomic mass is 16.5. The van der Waals surface area contributed by atoms with E-state index >= 15 is 0 Å². The summed E-state index contributed by atoms with van der Waals surface area (Å²) < 4.78 is 5.68. The summed E-state index contributed by atoms with van der Waals surface area (Å²) in [7, 11) is 0. The van der Waals surface area contributed by atoms with Crippen molar-refractivity contribution in [2.45, 2.75) is 13.0 Å². The van der Waals surface area contributed by atoms with Crippen molar-refractivity contribution in [1.82, 2.24) is 10.3 Å². The molecule has 2 aromatic rings. The van der Waals surface area contributed by atoms with Gasteiger partial charge in [0, 0.05) is 18.5 Å². The van der Waals surface area contributed by atoms with Gasteiger partial charge in [0.2, 0.25) is 5.91 Å². The molecule has 108 valence electrons. The normalized spacial score (nSPS) is 12.0. The van der Waals surface area contributed by atoms with E-state index in [0.29, 0.717) is 6.54 Å². The number of ether oxygens (including phenoxy) is 1. The van der Waals surface area contributed by atoms with Crippen LogP contribution < -0.4 is 10.1 Å². The van der Waals surface area contributed by atoms with E-state index in [1.807, 2.05) is 49.4 Å². The van der Waals surface area contributed by atoms with E-state index in [2.05, 4.69) is 10.3 Å². The number of nitrogens with zero attached hydrogens (tertiary/aromatic N) is 1. The molecule has 1 amide bonds. The minimum Gasteiger partial charge on any atom is -0.489 e. The van der Waals surface area contributed by atoms with E-state index in [-0.39, 0.29) is 12.0 Å². The summed E-state index contributed by atoms with van der Waals surface area (Å²) in [6, 6.07) is 13.3. The lowest BCUT2D eigenvalue weighted by molar-refractivity contribution is -0.116. The molecule has 0 unspecified atom stereocenters. The monoisotopic (exact) mass is 282 g/mol. The molecule has 1 heterocycles. The third kappa shape index (κ3) is 5.48. The molecule has 0 aliphatic rings. The number of hydrogen-bond acceptors (Lipinski definition) is 3. The van der Waals surface area contributed by atoms with Crippen LogP contribution in [0.15, 0.2) is 60.9 Å². The molecule has 21 heavy (non-hydrogen) atoms. The predicted octanol–water partition coefficient (Wildman–Crippen LogP) is 2.68. The Bertz CT molecular complexity index is 582. The van der Waals surface area contributed by atoms with Crippen LogP contribution in [0.4, 0.5) is 0 Å². The van der Waals surface area contributed by atoms with Crippen LogP contribution in [-0.2, 0) is 4.79 Å². The van der Waals surface area contributed by atoms with Gasteiger partial charge in [-0.1, -0.05) is 24.3 Å². The van der Waals surface area contributed by atoms with E-state index in [1.165, 1.54) is 6.08 Å². The summed E-state index contributed by atoms with van der Waals surface area (Å²) >= 11 is 0. The van der Waals surface area contributed by atoms with Crippen molar-refractivity contribution in [3.8, 4) is 5.75 Å². The highest BCUT2D eigenvalue weighted by molar-refractivity contribution is 5.91. The highest BCUT2D eigenvalue weighted by Gasteiger charge is 2.04. The van der Waals surface area contributed by atoms with E-state index in [0.717, 1.165) is 11.3 Å². The maximum Gasteiger partial charge on any atom is 0.244 e. The number of benzene rings is 1. The van der Waals surface area contributed by atoms with Gasteiger partial charge in [-0.25, -0.2) is 0 Å². The Morgan fingerprint density at radius 1 is 1.29 bits per heavy atom. The fourth-order valence-corrected chi connectivity index (χ4v) is 1.72. The summed E-state index contributed by atoms with van der Waals surface area (Å²) in [5.41, 5.74) is 0.890. The van der Waals surface area contributed by atoms with Crippen LogP contribution in [-0.4, -0.2) is 23.5 Å². The van der Waals surface area contributed by atoms with Crippen LogP contribution in [0.1, 0.15) is 12.5 Å². The molecule has 1 atom stereocenters. The molecule has 4 nitrogen and oxygen atoms in total. The molecule has 0 saturated heterocycles. The van der Waals surface area contributed by atoms with Gasteiger partial charge in [-0.05, 0) is 36.8 Å². The average Bonchev–Trinajstić information content (AvgIpc) is 2.53. The van der Waals surface area contributed by atoms with Gasteiger partial charge in [0.15, 0.2) is 0 Å². The fourth-order valence-electron chi connectivity index (χ4n) is 1.72. The predicted molar refractivity (Wildman–Crippen MR) is 82.8 cm³/mol. The molecule has 0 fully saturated rings. The molecular weight excluding hydrogens is 264 g/mol. The molecule has 0 aliphatic carbocycles. The number of aromatic nitrogens is 1. The smallest absolute Gasteiger partial charge is 0.244 e. The van der Waals surface area contributed by atoms with Crippen molar-refractivity contribution in [1.29, 1.82) is 0 Å².